The molecular weight excluding hydrogens is 212 g/mol. The van der Waals surface area contributed by atoms with E-state index in [-0.39, 0.29) is 5.91 Å². The van der Waals surface area contributed by atoms with Crippen molar-refractivity contribution in [3.8, 4) is 0 Å². The Labute approximate surface area is 102 Å². The third kappa shape index (κ3) is 4.64. The summed E-state index contributed by atoms with van der Waals surface area (Å²) in [6, 6.07) is 3.50. The highest BCUT2D eigenvalue weighted by atomic mass is 16.1. The summed E-state index contributed by atoms with van der Waals surface area (Å²) in [5.74, 6) is -0.0960. The fourth-order valence-electron chi connectivity index (χ4n) is 1.38. The van der Waals surface area contributed by atoms with Crippen molar-refractivity contribution < 1.29 is 4.79 Å². The van der Waals surface area contributed by atoms with Gasteiger partial charge in [0.05, 0.1) is 5.56 Å². The number of allylic oxidation sites excluding steroid dienone is 3. The zero-order valence-corrected chi connectivity index (χ0v) is 10.3. The summed E-state index contributed by atoms with van der Waals surface area (Å²) in [6.07, 6.45) is 10.3. The molecule has 0 saturated carbocycles. The van der Waals surface area contributed by atoms with Crippen LogP contribution >= 0.6 is 0 Å². The van der Waals surface area contributed by atoms with Crippen molar-refractivity contribution >= 4 is 5.91 Å². The first kappa shape index (κ1) is 13.2. The van der Waals surface area contributed by atoms with Crippen molar-refractivity contribution in [2.24, 2.45) is 0 Å². The van der Waals surface area contributed by atoms with Crippen LogP contribution in [0.4, 0.5) is 0 Å². The van der Waals surface area contributed by atoms with Crippen LogP contribution in [0.15, 0.2) is 48.3 Å². The number of pyridine rings is 1. The molecule has 0 saturated heterocycles. The van der Waals surface area contributed by atoms with Gasteiger partial charge in [-0.15, -0.1) is 0 Å². The molecular formula is C14H18N2O. The average molecular weight is 230 g/mol. The molecule has 1 heterocycles. The summed E-state index contributed by atoms with van der Waals surface area (Å²) in [5, 5.41) is 2.81. The number of hydrogen-bond donors (Lipinski definition) is 1. The number of amides is 1. The van der Waals surface area contributed by atoms with Crippen LogP contribution in [-0.2, 0) is 0 Å². The molecule has 0 atom stereocenters. The highest BCUT2D eigenvalue weighted by Gasteiger charge is 2.01. The lowest BCUT2D eigenvalue weighted by atomic mass is 10.2. The van der Waals surface area contributed by atoms with E-state index in [4.69, 9.17) is 0 Å². The topological polar surface area (TPSA) is 42.0 Å². The third-order valence-corrected chi connectivity index (χ3v) is 2.42. The van der Waals surface area contributed by atoms with Gasteiger partial charge in [0.1, 0.15) is 0 Å². The summed E-state index contributed by atoms with van der Waals surface area (Å²) in [5.41, 5.74) is 1.85. The summed E-state index contributed by atoms with van der Waals surface area (Å²) in [6.45, 7) is 4.65. The van der Waals surface area contributed by atoms with Gasteiger partial charge in [-0.1, -0.05) is 30.7 Å². The van der Waals surface area contributed by atoms with E-state index in [9.17, 15) is 4.79 Å². The maximum absolute atomic E-state index is 11.6. The fourth-order valence-corrected chi connectivity index (χ4v) is 1.38. The van der Waals surface area contributed by atoms with Gasteiger partial charge in [0.15, 0.2) is 0 Å². The van der Waals surface area contributed by atoms with Crippen LogP contribution in [0.3, 0.4) is 0 Å². The number of carbonyl (C=O) groups is 1. The van der Waals surface area contributed by atoms with Crippen molar-refractivity contribution in [1.29, 1.82) is 0 Å². The number of rotatable bonds is 5. The smallest absolute Gasteiger partial charge is 0.253 e. The van der Waals surface area contributed by atoms with Crippen LogP contribution in [0.25, 0.3) is 0 Å². The number of nitrogens with zero attached hydrogens (tertiary/aromatic N) is 1. The highest BCUT2D eigenvalue weighted by molar-refractivity contribution is 5.93. The normalized spacial score (nSPS) is 11.8. The Morgan fingerprint density at radius 1 is 1.53 bits per heavy atom. The van der Waals surface area contributed by atoms with Crippen molar-refractivity contribution in [3.05, 3.63) is 53.9 Å². The Kier molecular flexibility index (Phi) is 5.72. The van der Waals surface area contributed by atoms with Gasteiger partial charge in [0.2, 0.25) is 0 Å². The lowest BCUT2D eigenvalue weighted by molar-refractivity contribution is 0.0957. The highest BCUT2D eigenvalue weighted by Crippen LogP contribution is 2.01. The van der Waals surface area contributed by atoms with E-state index in [0.717, 1.165) is 6.42 Å². The van der Waals surface area contributed by atoms with E-state index in [0.29, 0.717) is 12.1 Å². The predicted molar refractivity (Wildman–Crippen MR) is 69.8 cm³/mol. The van der Waals surface area contributed by atoms with Crippen LogP contribution in [-0.4, -0.2) is 17.4 Å². The molecule has 1 rings (SSSR count). The molecule has 90 valence electrons. The molecule has 0 unspecified atom stereocenters. The molecule has 0 bridgehead atoms. The first-order valence-electron chi connectivity index (χ1n) is 5.78. The molecule has 1 aromatic heterocycles. The van der Waals surface area contributed by atoms with Crippen molar-refractivity contribution in [2.45, 2.75) is 20.3 Å². The standard InChI is InChI=1S/C14H18N2O/c1-3-12(4-2)7-5-10-16-14(17)13-8-6-9-15-11-13/h3,5-9,11H,4,10H2,1-2H3,(H,16,17)/b7-5+,12-3+. The van der Waals surface area contributed by atoms with Gasteiger partial charge in [-0.25, -0.2) is 0 Å². The lowest BCUT2D eigenvalue weighted by Crippen LogP contribution is -2.23. The monoisotopic (exact) mass is 230 g/mol. The summed E-state index contributed by atoms with van der Waals surface area (Å²) >= 11 is 0. The van der Waals surface area contributed by atoms with Crippen LogP contribution in [0.1, 0.15) is 30.6 Å². The molecule has 0 spiro atoms. The first-order valence-corrected chi connectivity index (χ1v) is 5.78. The molecule has 1 aromatic rings. The van der Waals surface area contributed by atoms with Gasteiger partial charge in [-0.05, 0) is 25.5 Å². The number of hydrogen-bond acceptors (Lipinski definition) is 2. The second-order valence-corrected chi connectivity index (χ2v) is 3.57. The van der Waals surface area contributed by atoms with E-state index < -0.39 is 0 Å². The van der Waals surface area contributed by atoms with Gasteiger partial charge in [-0.3, -0.25) is 9.78 Å². The summed E-state index contributed by atoms with van der Waals surface area (Å²) in [7, 11) is 0. The van der Waals surface area contributed by atoms with Crippen LogP contribution < -0.4 is 5.32 Å². The molecule has 0 aliphatic rings. The third-order valence-electron chi connectivity index (χ3n) is 2.42. The Hall–Kier alpha value is -1.90. The molecule has 1 N–H and O–H groups in total. The van der Waals surface area contributed by atoms with Crippen molar-refractivity contribution in [1.82, 2.24) is 10.3 Å². The Bertz CT molecular complexity index is 407. The second kappa shape index (κ2) is 7.39. The van der Waals surface area contributed by atoms with E-state index in [1.54, 1.807) is 24.5 Å². The maximum Gasteiger partial charge on any atom is 0.253 e. The van der Waals surface area contributed by atoms with Crippen LogP contribution in [0.2, 0.25) is 0 Å². The van der Waals surface area contributed by atoms with Gasteiger partial charge < -0.3 is 5.32 Å². The van der Waals surface area contributed by atoms with E-state index in [1.807, 2.05) is 19.1 Å². The minimum absolute atomic E-state index is 0.0960. The van der Waals surface area contributed by atoms with E-state index in [2.05, 4.69) is 23.3 Å². The largest absolute Gasteiger partial charge is 0.349 e. The molecule has 0 aromatic carbocycles. The maximum atomic E-state index is 11.6. The number of nitrogens with one attached hydrogen (secondary N) is 1. The van der Waals surface area contributed by atoms with Gasteiger partial charge in [0.25, 0.3) is 5.91 Å². The van der Waals surface area contributed by atoms with E-state index >= 15 is 0 Å². The Morgan fingerprint density at radius 2 is 2.35 bits per heavy atom. The molecule has 0 aliphatic carbocycles. The SMILES string of the molecule is C/C=C(/C=C/CNC(=O)c1cccnc1)CC. The number of carbonyl (C=O) groups excluding carboxylic acids is 1. The molecule has 0 radical (unpaired) electrons. The number of aromatic nitrogens is 1. The van der Waals surface area contributed by atoms with Gasteiger partial charge >= 0.3 is 0 Å². The predicted octanol–water partition coefficient (Wildman–Crippen LogP) is 2.72. The van der Waals surface area contributed by atoms with Gasteiger partial charge in [0, 0.05) is 18.9 Å². The second-order valence-electron chi connectivity index (χ2n) is 3.57. The quantitative estimate of drug-likeness (QED) is 0.790. The minimum Gasteiger partial charge on any atom is -0.349 e. The zero-order chi connectivity index (χ0) is 12.5. The summed E-state index contributed by atoms with van der Waals surface area (Å²) in [4.78, 5) is 15.5. The first-order chi connectivity index (χ1) is 8.27. The molecule has 3 nitrogen and oxygen atoms in total. The molecule has 17 heavy (non-hydrogen) atoms. The molecule has 0 aliphatic heterocycles. The van der Waals surface area contributed by atoms with Crippen LogP contribution in [0, 0.1) is 0 Å². The van der Waals surface area contributed by atoms with Crippen molar-refractivity contribution in [3.63, 3.8) is 0 Å². The summed E-state index contributed by atoms with van der Waals surface area (Å²) < 4.78 is 0. The van der Waals surface area contributed by atoms with Crippen molar-refractivity contribution in [2.75, 3.05) is 6.54 Å². The van der Waals surface area contributed by atoms with E-state index in [1.165, 1.54) is 5.57 Å². The minimum atomic E-state index is -0.0960. The Morgan fingerprint density at radius 3 is 2.94 bits per heavy atom. The molecule has 1 amide bonds. The molecule has 3 heteroatoms. The Balaban J connectivity index is 2.40. The lowest BCUT2D eigenvalue weighted by Gasteiger charge is -2.01. The van der Waals surface area contributed by atoms with Crippen LogP contribution in [0.5, 0.6) is 0 Å². The molecule has 0 fully saturated rings. The fraction of sp³-hybridized carbons (Fsp3) is 0.286. The average Bonchev–Trinajstić information content (AvgIpc) is 2.40. The van der Waals surface area contributed by atoms with Gasteiger partial charge in [-0.2, -0.15) is 0 Å². The zero-order valence-electron chi connectivity index (χ0n) is 10.3.